The molecule has 2 N–H and O–H groups in total. The molecule has 0 radical (unpaired) electrons. The zero-order valence-electron chi connectivity index (χ0n) is 18.4. The molecule has 1 aliphatic carbocycles. The second-order valence-corrected chi connectivity index (χ2v) is 8.66. The zero-order valence-corrected chi connectivity index (χ0v) is 18.4. The van der Waals surface area contributed by atoms with Crippen LogP contribution in [0, 0.1) is 11.6 Å². The van der Waals surface area contributed by atoms with E-state index >= 15 is 0 Å². The highest BCUT2D eigenvalue weighted by Gasteiger charge is 2.43. The van der Waals surface area contributed by atoms with Crippen LogP contribution in [0.25, 0.3) is 11.1 Å². The number of nitrogens with two attached hydrogens (primary N) is 1. The minimum absolute atomic E-state index is 0.250. The Kier molecular flexibility index (Phi) is 6.76. The molecule has 1 spiro atoms. The van der Waals surface area contributed by atoms with Crippen LogP contribution < -0.4 is 10.5 Å². The SMILES string of the molecule is CCc1ccc(-c2cc(F)c3c(c2)COC2(CCN(C4CCC4)CC2)O3)cc1F.NC=O. The van der Waals surface area contributed by atoms with Crippen molar-refractivity contribution in [3.63, 3.8) is 0 Å². The van der Waals surface area contributed by atoms with Crippen LogP contribution in [-0.2, 0) is 22.6 Å². The summed E-state index contributed by atoms with van der Waals surface area (Å²) in [5.74, 6) is -1.08. The Bertz CT molecular complexity index is 970. The van der Waals surface area contributed by atoms with Crippen LogP contribution in [0.4, 0.5) is 8.78 Å². The van der Waals surface area contributed by atoms with Gasteiger partial charge in [0.25, 0.3) is 0 Å². The van der Waals surface area contributed by atoms with Gasteiger partial charge in [0.15, 0.2) is 11.6 Å². The molecule has 7 heteroatoms. The van der Waals surface area contributed by atoms with Gasteiger partial charge < -0.3 is 15.2 Å². The summed E-state index contributed by atoms with van der Waals surface area (Å²) < 4.78 is 41.4. The Labute approximate surface area is 187 Å². The predicted molar refractivity (Wildman–Crippen MR) is 118 cm³/mol. The number of halogens is 2. The van der Waals surface area contributed by atoms with Crippen LogP contribution in [-0.4, -0.2) is 36.2 Å². The number of primary amides is 1. The largest absolute Gasteiger partial charge is 0.459 e. The highest BCUT2D eigenvalue weighted by atomic mass is 19.1. The Morgan fingerprint density at radius 2 is 1.81 bits per heavy atom. The third-order valence-electron chi connectivity index (χ3n) is 6.82. The summed E-state index contributed by atoms with van der Waals surface area (Å²) in [6.07, 6.45) is 6.29. The average molecular weight is 445 g/mol. The summed E-state index contributed by atoms with van der Waals surface area (Å²) in [7, 11) is 0. The van der Waals surface area contributed by atoms with Gasteiger partial charge in [0.05, 0.1) is 6.61 Å². The molecule has 32 heavy (non-hydrogen) atoms. The van der Waals surface area contributed by atoms with Gasteiger partial charge in [0.2, 0.25) is 12.2 Å². The lowest BCUT2D eigenvalue weighted by Gasteiger charge is -2.47. The number of nitrogens with zero attached hydrogens (tertiary/aromatic N) is 1. The van der Waals surface area contributed by atoms with Crippen LogP contribution in [0.5, 0.6) is 5.75 Å². The van der Waals surface area contributed by atoms with Crippen LogP contribution >= 0.6 is 0 Å². The molecule has 5 rings (SSSR count). The van der Waals surface area contributed by atoms with E-state index in [4.69, 9.17) is 14.3 Å². The van der Waals surface area contributed by atoms with Crippen LogP contribution in [0.1, 0.15) is 50.2 Å². The second-order valence-electron chi connectivity index (χ2n) is 8.66. The number of carbonyl (C=O) groups is 1. The van der Waals surface area contributed by atoms with Gasteiger partial charge in [-0.15, -0.1) is 0 Å². The molecule has 2 aromatic rings. The Balaban J connectivity index is 0.000000775. The molecular weight excluding hydrogens is 414 g/mol. The van der Waals surface area contributed by atoms with E-state index in [2.05, 4.69) is 10.6 Å². The molecule has 0 unspecified atom stereocenters. The summed E-state index contributed by atoms with van der Waals surface area (Å²) in [5.41, 5.74) is 6.82. The number of carbonyl (C=O) groups excluding carboxylic acids is 1. The van der Waals surface area contributed by atoms with Crippen molar-refractivity contribution >= 4 is 6.41 Å². The van der Waals surface area contributed by atoms with Crippen molar-refractivity contribution in [2.75, 3.05) is 13.1 Å². The molecule has 1 saturated carbocycles. The van der Waals surface area contributed by atoms with E-state index in [1.54, 1.807) is 6.07 Å². The van der Waals surface area contributed by atoms with Crippen molar-refractivity contribution in [3.05, 3.63) is 53.1 Å². The lowest BCUT2D eigenvalue weighted by atomic mass is 9.89. The van der Waals surface area contributed by atoms with E-state index in [9.17, 15) is 8.78 Å². The zero-order chi connectivity index (χ0) is 22.7. The third kappa shape index (κ3) is 4.50. The maximum atomic E-state index is 15.0. The lowest BCUT2D eigenvalue weighted by molar-refractivity contribution is -0.232. The van der Waals surface area contributed by atoms with Gasteiger partial charge in [-0.25, -0.2) is 8.78 Å². The molecule has 3 aliphatic rings. The number of hydrogen-bond acceptors (Lipinski definition) is 4. The molecule has 2 aliphatic heterocycles. The van der Waals surface area contributed by atoms with Crippen molar-refractivity contribution in [3.8, 4) is 16.9 Å². The molecule has 0 bridgehead atoms. The number of rotatable bonds is 3. The second kappa shape index (κ2) is 9.55. The van der Waals surface area contributed by atoms with Gasteiger partial charge in [-0.1, -0.05) is 25.5 Å². The predicted octanol–water partition coefficient (Wildman–Crippen LogP) is 4.55. The molecule has 1 saturated heterocycles. The van der Waals surface area contributed by atoms with Crippen molar-refractivity contribution < 1.29 is 23.0 Å². The monoisotopic (exact) mass is 444 g/mol. The van der Waals surface area contributed by atoms with Gasteiger partial charge in [0.1, 0.15) is 5.82 Å². The van der Waals surface area contributed by atoms with Crippen molar-refractivity contribution in [2.45, 2.75) is 63.9 Å². The minimum atomic E-state index is -0.718. The van der Waals surface area contributed by atoms with E-state index in [0.29, 0.717) is 47.1 Å². The first kappa shape index (κ1) is 22.7. The quantitative estimate of drug-likeness (QED) is 0.706. The molecule has 1 amide bonds. The smallest absolute Gasteiger partial charge is 0.213 e. The number of piperidine rings is 1. The number of aryl methyl sites for hydroxylation is 1. The van der Waals surface area contributed by atoms with Gasteiger partial charge >= 0.3 is 0 Å². The fraction of sp³-hybridized carbons (Fsp3) is 0.480. The van der Waals surface area contributed by atoms with Crippen molar-refractivity contribution in [1.82, 2.24) is 4.90 Å². The number of fused-ring (bicyclic) bond motifs is 1. The Morgan fingerprint density at radius 1 is 1.12 bits per heavy atom. The first-order chi connectivity index (χ1) is 15.5. The summed E-state index contributed by atoms with van der Waals surface area (Å²) in [6, 6.07) is 9.09. The van der Waals surface area contributed by atoms with E-state index in [-0.39, 0.29) is 12.2 Å². The number of benzene rings is 2. The highest BCUT2D eigenvalue weighted by molar-refractivity contribution is 5.66. The molecular formula is C25H30F2N2O3. The molecule has 172 valence electrons. The first-order valence-corrected chi connectivity index (χ1v) is 11.3. The molecule has 2 aromatic carbocycles. The van der Waals surface area contributed by atoms with Crippen LogP contribution in [0.15, 0.2) is 30.3 Å². The molecule has 0 atom stereocenters. The summed E-state index contributed by atoms with van der Waals surface area (Å²) in [4.78, 5) is 11.1. The number of hydrogen-bond donors (Lipinski definition) is 1. The number of likely N-dealkylation sites (tertiary alicyclic amines) is 1. The van der Waals surface area contributed by atoms with Gasteiger partial charge in [0, 0.05) is 37.5 Å². The van der Waals surface area contributed by atoms with Crippen LogP contribution in [0.2, 0.25) is 0 Å². The van der Waals surface area contributed by atoms with Crippen molar-refractivity contribution in [2.24, 2.45) is 5.73 Å². The Morgan fingerprint density at radius 3 is 2.41 bits per heavy atom. The topological polar surface area (TPSA) is 64.8 Å². The molecule has 5 nitrogen and oxygen atoms in total. The fourth-order valence-corrected chi connectivity index (χ4v) is 4.71. The van der Waals surface area contributed by atoms with E-state index in [1.165, 1.54) is 31.4 Å². The van der Waals surface area contributed by atoms with E-state index in [1.807, 2.05) is 19.1 Å². The average Bonchev–Trinajstić information content (AvgIpc) is 2.75. The molecule has 2 fully saturated rings. The fourth-order valence-electron chi connectivity index (χ4n) is 4.71. The molecule has 2 heterocycles. The number of amides is 1. The third-order valence-corrected chi connectivity index (χ3v) is 6.82. The maximum Gasteiger partial charge on any atom is 0.213 e. The van der Waals surface area contributed by atoms with Gasteiger partial charge in [-0.2, -0.15) is 0 Å². The standard InChI is InChI=1S/C24H27F2NO2.CH3NO/c1-2-16-6-7-17(13-21(16)25)18-12-19-15-28-24(29-23(19)22(26)14-18)8-10-27(11-9-24)20-4-3-5-20;2-1-3/h6-7,12-14,20H,2-5,8-11,15H2,1H3;1H,(H2,2,3). The lowest BCUT2D eigenvalue weighted by Crippen LogP contribution is -2.54. The van der Waals surface area contributed by atoms with E-state index < -0.39 is 11.6 Å². The minimum Gasteiger partial charge on any atom is -0.459 e. The number of ether oxygens (including phenoxy) is 2. The first-order valence-electron chi connectivity index (χ1n) is 11.3. The Hall–Kier alpha value is -2.51. The van der Waals surface area contributed by atoms with Gasteiger partial charge in [-0.05, 0) is 54.2 Å². The van der Waals surface area contributed by atoms with Gasteiger partial charge in [-0.3, -0.25) is 9.69 Å². The van der Waals surface area contributed by atoms with Crippen molar-refractivity contribution in [1.29, 1.82) is 0 Å². The molecule has 0 aromatic heterocycles. The summed E-state index contributed by atoms with van der Waals surface area (Å²) in [6.45, 7) is 4.10. The maximum absolute atomic E-state index is 15.0. The summed E-state index contributed by atoms with van der Waals surface area (Å²) in [5, 5.41) is 0. The van der Waals surface area contributed by atoms with E-state index in [0.717, 1.165) is 25.9 Å². The normalized spacial score (nSPS) is 19.8. The highest BCUT2D eigenvalue weighted by Crippen LogP contribution is 2.42. The van der Waals surface area contributed by atoms with Crippen LogP contribution in [0.3, 0.4) is 0 Å². The summed E-state index contributed by atoms with van der Waals surface area (Å²) >= 11 is 0.